The summed E-state index contributed by atoms with van der Waals surface area (Å²) >= 11 is 0. The van der Waals surface area contributed by atoms with Crippen molar-refractivity contribution >= 4 is 23.9 Å². The summed E-state index contributed by atoms with van der Waals surface area (Å²) in [4.78, 5) is 10.9. The lowest BCUT2D eigenvalue weighted by Crippen LogP contribution is -2.39. The monoisotopic (exact) mass is 385 g/mol. The van der Waals surface area contributed by atoms with Gasteiger partial charge in [-0.25, -0.2) is 4.74 Å². The number of hydrogen-bond acceptors (Lipinski definition) is 3. The first kappa shape index (κ1) is 19.8. The van der Waals surface area contributed by atoms with Gasteiger partial charge in [-0.1, -0.05) is 63.6 Å². The van der Waals surface area contributed by atoms with Gasteiger partial charge in [-0.3, -0.25) is 14.8 Å². The molecule has 2 aromatic carbocycles. The second-order valence-corrected chi connectivity index (χ2v) is 11.8. The summed E-state index contributed by atoms with van der Waals surface area (Å²) in [5.74, 6) is 0. The molecular formula is C21H28N3O2P. The number of rotatable bonds is 4. The highest BCUT2D eigenvalue weighted by Crippen LogP contribution is 2.64. The van der Waals surface area contributed by atoms with Crippen LogP contribution in [0, 0.1) is 10.1 Å². The van der Waals surface area contributed by atoms with Gasteiger partial charge in [-0.15, -0.1) is 0 Å². The fraction of sp³-hybridized carbons (Fsp3) is 0.429. The summed E-state index contributed by atoms with van der Waals surface area (Å²) in [6.45, 7) is 8.81. The maximum absolute atomic E-state index is 11.2. The Labute approximate surface area is 161 Å². The van der Waals surface area contributed by atoms with E-state index in [4.69, 9.17) is 4.74 Å². The predicted molar refractivity (Wildman–Crippen MR) is 113 cm³/mol. The Morgan fingerprint density at radius 2 is 1.67 bits per heavy atom. The Bertz CT molecular complexity index is 853. The van der Waals surface area contributed by atoms with Crippen LogP contribution < -0.4 is 5.30 Å². The van der Waals surface area contributed by atoms with Crippen LogP contribution in [0.1, 0.15) is 40.0 Å². The van der Waals surface area contributed by atoms with Gasteiger partial charge in [0.2, 0.25) is 0 Å². The summed E-state index contributed by atoms with van der Waals surface area (Å²) in [5.41, 5.74) is 0.789. The number of piperidine rings is 1. The van der Waals surface area contributed by atoms with Gasteiger partial charge in [0.15, 0.2) is 0 Å². The molecule has 0 N–H and O–H groups in total. The van der Waals surface area contributed by atoms with Gasteiger partial charge in [0.1, 0.15) is 0 Å². The van der Waals surface area contributed by atoms with Crippen LogP contribution in [0.2, 0.25) is 0 Å². The van der Waals surface area contributed by atoms with Crippen LogP contribution in [0.15, 0.2) is 59.3 Å². The van der Waals surface area contributed by atoms with E-state index in [-0.39, 0.29) is 15.8 Å². The lowest BCUT2D eigenvalue weighted by atomic mass is 10.2. The SMILES string of the molecule is CC(C)(C)[P@](=Nc1cccc([N+](=O)[O-])c1)(c1ccccc1)N1CCCCC1. The van der Waals surface area contributed by atoms with Crippen molar-refractivity contribution < 1.29 is 4.92 Å². The predicted octanol–water partition coefficient (Wildman–Crippen LogP) is 5.95. The lowest BCUT2D eigenvalue weighted by molar-refractivity contribution is -0.384. The van der Waals surface area contributed by atoms with E-state index in [1.54, 1.807) is 12.1 Å². The molecule has 0 amide bonds. The molecule has 5 nitrogen and oxygen atoms in total. The molecule has 144 valence electrons. The maximum atomic E-state index is 11.2. The zero-order valence-corrected chi connectivity index (χ0v) is 17.2. The standard InChI is InChI=1S/C21H28N3O2P/c1-21(2,3)27(20-13-6-4-7-14-20,23-15-8-5-9-16-23)22-18-11-10-12-19(17-18)24(25)26/h4,6-7,10-14,17H,5,8-9,15-16H2,1-3H3/t27-/m0/s1. The quantitative estimate of drug-likeness (QED) is 0.371. The van der Waals surface area contributed by atoms with Crippen LogP contribution in [0.25, 0.3) is 0 Å². The molecule has 1 heterocycles. The molecule has 3 rings (SSSR count). The number of non-ortho nitro benzene ring substituents is 1. The van der Waals surface area contributed by atoms with Crippen molar-refractivity contribution in [3.8, 4) is 0 Å². The molecule has 0 unspecified atom stereocenters. The van der Waals surface area contributed by atoms with E-state index in [1.807, 2.05) is 12.1 Å². The number of nitro benzene ring substituents is 1. The smallest absolute Gasteiger partial charge is 0.265 e. The van der Waals surface area contributed by atoms with E-state index in [2.05, 4.69) is 49.7 Å². The second kappa shape index (κ2) is 7.95. The third-order valence-corrected chi connectivity index (χ3v) is 9.72. The zero-order valence-electron chi connectivity index (χ0n) is 16.3. The molecule has 6 heteroatoms. The molecular weight excluding hydrogens is 357 g/mol. The third-order valence-electron chi connectivity index (χ3n) is 5.09. The van der Waals surface area contributed by atoms with Crippen molar-refractivity contribution in [2.75, 3.05) is 13.1 Å². The topological polar surface area (TPSA) is 58.7 Å². The molecule has 1 atom stereocenters. The Hall–Kier alpha value is -1.97. The minimum absolute atomic E-state index is 0.0870. The van der Waals surface area contributed by atoms with Crippen LogP contribution >= 0.6 is 7.21 Å². The van der Waals surface area contributed by atoms with Gasteiger partial charge < -0.3 is 0 Å². The van der Waals surface area contributed by atoms with Gasteiger partial charge in [0, 0.05) is 35.7 Å². The minimum atomic E-state index is -2.14. The Morgan fingerprint density at radius 1 is 1.00 bits per heavy atom. The van der Waals surface area contributed by atoms with E-state index in [0.717, 1.165) is 13.1 Å². The van der Waals surface area contributed by atoms with Crippen molar-refractivity contribution in [1.82, 2.24) is 4.67 Å². The number of nitrogens with zero attached hydrogens (tertiary/aromatic N) is 3. The van der Waals surface area contributed by atoms with Crippen molar-refractivity contribution in [2.24, 2.45) is 4.74 Å². The molecule has 1 saturated heterocycles. The van der Waals surface area contributed by atoms with Crippen LogP contribution in [0.3, 0.4) is 0 Å². The molecule has 1 aliphatic rings. The first-order valence-electron chi connectivity index (χ1n) is 9.52. The van der Waals surface area contributed by atoms with Gasteiger partial charge in [0.05, 0.1) is 17.8 Å². The van der Waals surface area contributed by atoms with Crippen LogP contribution in [-0.4, -0.2) is 27.8 Å². The van der Waals surface area contributed by atoms with Crippen LogP contribution in [0.4, 0.5) is 11.4 Å². The summed E-state index contributed by atoms with van der Waals surface area (Å²) in [7, 11) is -2.14. The third kappa shape index (κ3) is 3.99. The van der Waals surface area contributed by atoms with E-state index in [9.17, 15) is 10.1 Å². The minimum Gasteiger partial charge on any atom is -0.265 e. The molecule has 0 spiro atoms. The highest BCUT2D eigenvalue weighted by atomic mass is 31.2. The molecule has 2 aromatic rings. The first-order chi connectivity index (χ1) is 12.8. The highest BCUT2D eigenvalue weighted by Gasteiger charge is 2.41. The number of nitro groups is 1. The van der Waals surface area contributed by atoms with Gasteiger partial charge >= 0.3 is 0 Å². The largest absolute Gasteiger partial charge is 0.271 e. The fourth-order valence-corrected chi connectivity index (χ4v) is 8.28. The average Bonchev–Trinajstić information content (AvgIpc) is 2.66. The first-order valence-corrected chi connectivity index (χ1v) is 11.2. The Kier molecular flexibility index (Phi) is 5.83. The summed E-state index contributed by atoms with van der Waals surface area (Å²) in [5, 5.41) is 12.4. The Balaban J connectivity index is 2.28. The molecule has 27 heavy (non-hydrogen) atoms. The van der Waals surface area contributed by atoms with E-state index in [1.165, 1.54) is 30.6 Å². The molecule has 1 fully saturated rings. The van der Waals surface area contributed by atoms with Crippen molar-refractivity contribution in [3.05, 3.63) is 64.7 Å². The summed E-state index contributed by atoms with van der Waals surface area (Å²) in [6.07, 6.45) is 3.61. The fourth-order valence-electron chi connectivity index (χ4n) is 3.88. The van der Waals surface area contributed by atoms with E-state index in [0.29, 0.717) is 5.69 Å². The van der Waals surface area contributed by atoms with Crippen LogP contribution in [-0.2, 0) is 0 Å². The molecule has 0 aromatic heterocycles. The summed E-state index contributed by atoms with van der Waals surface area (Å²) < 4.78 is 7.90. The number of benzene rings is 2. The molecule has 0 radical (unpaired) electrons. The molecule has 1 aliphatic heterocycles. The lowest BCUT2D eigenvalue weighted by Gasteiger charge is -2.47. The highest BCUT2D eigenvalue weighted by molar-refractivity contribution is 7.73. The average molecular weight is 385 g/mol. The van der Waals surface area contributed by atoms with E-state index < -0.39 is 7.21 Å². The molecule has 0 bridgehead atoms. The molecule has 0 saturated carbocycles. The van der Waals surface area contributed by atoms with Gasteiger partial charge in [-0.2, -0.15) is 0 Å². The zero-order chi connectivity index (χ0) is 19.5. The van der Waals surface area contributed by atoms with Crippen molar-refractivity contribution in [2.45, 2.75) is 45.2 Å². The van der Waals surface area contributed by atoms with Crippen molar-refractivity contribution in [3.63, 3.8) is 0 Å². The normalized spacial score (nSPS) is 17.9. The maximum Gasteiger partial charge on any atom is 0.271 e. The van der Waals surface area contributed by atoms with E-state index >= 15 is 0 Å². The molecule has 0 aliphatic carbocycles. The van der Waals surface area contributed by atoms with Gasteiger partial charge in [-0.05, 0) is 18.9 Å². The second-order valence-electron chi connectivity index (χ2n) is 8.00. The Morgan fingerprint density at radius 3 is 2.26 bits per heavy atom. The van der Waals surface area contributed by atoms with Crippen molar-refractivity contribution in [1.29, 1.82) is 0 Å². The van der Waals surface area contributed by atoms with Gasteiger partial charge in [0.25, 0.3) is 5.69 Å². The number of hydrogen-bond donors (Lipinski definition) is 0. The van der Waals surface area contributed by atoms with Crippen LogP contribution in [0.5, 0.6) is 0 Å². The summed E-state index contributed by atoms with van der Waals surface area (Å²) in [6, 6.07) is 17.3.